The van der Waals surface area contributed by atoms with Gasteiger partial charge in [-0.25, -0.2) is 0 Å². The van der Waals surface area contributed by atoms with E-state index in [-0.39, 0.29) is 12.1 Å². The maximum atomic E-state index is 9.19. The van der Waals surface area contributed by atoms with Crippen LogP contribution in [-0.4, -0.2) is 35.3 Å². The summed E-state index contributed by atoms with van der Waals surface area (Å²) in [5, 5.41) is 13.1. The second-order valence-electron chi connectivity index (χ2n) is 3.50. The maximum Gasteiger partial charge on any atom is 0.0611 e. The Balaban J connectivity index is 3.94. The second-order valence-corrected chi connectivity index (χ2v) is 4.78. The van der Waals surface area contributed by atoms with Crippen LogP contribution in [0.2, 0.25) is 0 Å². The minimum Gasteiger partial charge on any atom is -0.394 e. The first-order valence-corrected chi connectivity index (χ1v) is 5.75. The molecule has 0 spiro atoms. The van der Waals surface area contributed by atoms with Crippen molar-refractivity contribution in [2.45, 2.75) is 38.0 Å². The zero-order valence-electron chi connectivity index (χ0n) is 8.55. The molecule has 0 aliphatic rings. The predicted molar refractivity (Wildman–Crippen MR) is 56.8 cm³/mol. The summed E-state index contributed by atoms with van der Waals surface area (Å²) >= 11 is 1.84. The van der Waals surface area contributed by atoms with Crippen molar-refractivity contribution in [1.29, 1.82) is 0 Å². The average molecular weight is 191 g/mol. The van der Waals surface area contributed by atoms with Crippen LogP contribution in [0.5, 0.6) is 0 Å². The van der Waals surface area contributed by atoms with E-state index in [4.69, 9.17) is 0 Å². The van der Waals surface area contributed by atoms with E-state index in [1.807, 2.05) is 11.8 Å². The molecule has 2 N–H and O–H groups in total. The van der Waals surface area contributed by atoms with Gasteiger partial charge in [-0.3, -0.25) is 0 Å². The zero-order valence-corrected chi connectivity index (χ0v) is 9.37. The van der Waals surface area contributed by atoms with Crippen LogP contribution >= 0.6 is 11.8 Å². The maximum absolute atomic E-state index is 9.19. The molecule has 0 bridgehead atoms. The van der Waals surface area contributed by atoms with Crippen LogP contribution < -0.4 is 5.32 Å². The standard InChI is InChI=1S/C9H21NOS/c1-5-10-9(3,7-11)6-8(2)12-4/h8,10-11H,5-7H2,1-4H3. The lowest BCUT2D eigenvalue weighted by Crippen LogP contribution is -2.47. The molecule has 0 aromatic rings. The van der Waals surface area contributed by atoms with E-state index in [2.05, 4.69) is 32.3 Å². The average Bonchev–Trinajstić information content (AvgIpc) is 2.05. The lowest BCUT2D eigenvalue weighted by atomic mass is 9.97. The lowest BCUT2D eigenvalue weighted by Gasteiger charge is -2.30. The quantitative estimate of drug-likeness (QED) is 0.667. The second kappa shape index (κ2) is 5.84. The molecule has 0 fully saturated rings. The van der Waals surface area contributed by atoms with Crippen LogP contribution in [0, 0.1) is 0 Å². The predicted octanol–water partition coefficient (Wildman–Crippen LogP) is 1.49. The van der Waals surface area contributed by atoms with Gasteiger partial charge in [-0.2, -0.15) is 11.8 Å². The number of hydrogen-bond donors (Lipinski definition) is 2. The number of nitrogens with one attached hydrogen (secondary N) is 1. The van der Waals surface area contributed by atoms with E-state index in [1.54, 1.807) is 0 Å². The number of hydrogen-bond acceptors (Lipinski definition) is 3. The summed E-state index contributed by atoms with van der Waals surface area (Å²) in [7, 11) is 0. The lowest BCUT2D eigenvalue weighted by molar-refractivity contribution is 0.168. The molecule has 2 nitrogen and oxygen atoms in total. The molecule has 0 amide bonds. The van der Waals surface area contributed by atoms with Gasteiger partial charge in [0.1, 0.15) is 0 Å². The van der Waals surface area contributed by atoms with Crippen molar-refractivity contribution in [3.8, 4) is 0 Å². The zero-order chi connectivity index (χ0) is 9.61. The van der Waals surface area contributed by atoms with Gasteiger partial charge in [0.15, 0.2) is 0 Å². The van der Waals surface area contributed by atoms with Crippen LogP contribution in [0.3, 0.4) is 0 Å². The Morgan fingerprint density at radius 2 is 2.17 bits per heavy atom. The molecule has 0 rings (SSSR count). The number of likely N-dealkylation sites (N-methyl/N-ethyl adjacent to an activating group) is 1. The Morgan fingerprint density at radius 1 is 1.58 bits per heavy atom. The monoisotopic (exact) mass is 191 g/mol. The summed E-state index contributed by atoms with van der Waals surface area (Å²) in [5.41, 5.74) is -0.100. The van der Waals surface area contributed by atoms with Gasteiger partial charge in [0, 0.05) is 10.8 Å². The Morgan fingerprint density at radius 3 is 2.50 bits per heavy atom. The fourth-order valence-corrected chi connectivity index (χ4v) is 1.87. The van der Waals surface area contributed by atoms with Crippen LogP contribution in [0.25, 0.3) is 0 Å². The molecule has 0 aliphatic heterocycles. The summed E-state index contributed by atoms with van der Waals surface area (Å²) in [5.74, 6) is 0. The summed E-state index contributed by atoms with van der Waals surface area (Å²) < 4.78 is 0. The molecule has 0 saturated heterocycles. The minimum atomic E-state index is -0.100. The van der Waals surface area contributed by atoms with Gasteiger partial charge >= 0.3 is 0 Å². The third kappa shape index (κ3) is 4.33. The van der Waals surface area contributed by atoms with Gasteiger partial charge in [0.2, 0.25) is 0 Å². The first kappa shape index (κ1) is 12.3. The Kier molecular flexibility index (Phi) is 5.97. The van der Waals surface area contributed by atoms with Crippen molar-refractivity contribution in [2.24, 2.45) is 0 Å². The van der Waals surface area contributed by atoms with Gasteiger partial charge in [-0.05, 0) is 26.1 Å². The van der Waals surface area contributed by atoms with E-state index < -0.39 is 0 Å². The normalized spacial score (nSPS) is 18.8. The van der Waals surface area contributed by atoms with Crippen LogP contribution in [0.15, 0.2) is 0 Å². The van der Waals surface area contributed by atoms with Crippen molar-refractivity contribution < 1.29 is 5.11 Å². The summed E-state index contributed by atoms with van der Waals surface area (Å²) in [6, 6.07) is 0. The minimum absolute atomic E-state index is 0.100. The fraction of sp³-hybridized carbons (Fsp3) is 1.00. The van der Waals surface area contributed by atoms with E-state index in [0.29, 0.717) is 5.25 Å². The topological polar surface area (TPSA) is 32.3 Å². The largest absolute Gasteiger partial charge is 0.394 e. The number of aliphatic hydroxyl groups is 1. The van der Waals surface area contributed by atoms with Crippen molar-refractivity contribution >= 4 is 11.8 Å². The van der Waals surface area contributed by atoms with Gasteiger partial charge in [-0.15, -0.1) is 0 Å². The molecular formula is C9H21NOS. The molecule has 2 unspecified atom stereocenters. The van der Waals surface area contributed by atoms with Gasteiger partial charge < -0.3 is 10.4 Å². The van der Waals surface area contributed by atoms with Crippen molar-refractivity contribution in [3.63, 3.8) is 0 Å². The SMILES string of the molecule is CCNC(C)(CO)CC(C)SC. The van der Waals surface area contributed by atoms with E-state index >= 15 is 0 Å². The molecule has 0 heterocycles. The van der Waals surface area contributed by atoms with Crippen LogP contribution in [0.1, 0.15) is 27.2 Å². The highest BCUT2D eigenvalue weighted by Crippen LogP contribution is 2.19. The first-order chi connectivity index (χ1) is 5.58. The number of rotatable bonds is 6. The molecule has 12 heavy (non-hydrogen) atoms. The number of aliphatic hydroxyl groups excluding tert-OH is 1. The molecule has 0 aromatic heterocycles. The highest BCUT2D eigenvalue weighted by atomic mass is 32.2. The van der Waals surface area contributed by atoms with Crippen molar-refractivity contribution in [2.75, 3.05) is 19.4 Å². The Bertz CT molecular complexity index is 121. The molecule has 0 saturated carbocycles. The summed E-state index contributed by atoms with van der Waals surface area (Å²) in [6.45, 7) is 7.46. The Hall–Kier alpha value is 0.270. The highest BCUT2D eigenvalue weighted by Gasteiger charge is 2.23. The molecule has 0 radical (unpaired) electrons. The third-order valence-corrected chi connectivity index (χ3v) is 3.06. The van der Waals surface area contributed by atoms with Gasteiger partial charge in [0.25, 0.3) is 0 Å². The van der Waals surface area contributed by atoms with Crippen molar-refractivity contribution in [1.82, 2.24) is 5.32 Å². The fourth-order valence-electron chi connectivity index (χ4n) is 1.34. The molecule has 0 aliphatic carbocycles. The molecule has 3 heteroatoms. The van der Waals surface area contributed by atoms with E-state index in [0.717, 1.165) is 13.0 Å². The van der Waals surface area contributed by atoms with E-state index in [9.17, 15) is 5.11 Å². The third-order valence-electron chi connectivity index (χ3n) is 2.09. The smallest absolute Gasteiger partial charge is 0.0611 e. The highest BCUT2D eigenvalue weighted by molar-refractivity contribution is 7.99. The first-order valence-electron chi connectivity index (χ1n) is 4.46. The Labute approximate surface area is 80.1 Å². The van der Waals surface area contributed by atoms with Gasteiger partial charge in [0.05, 0.1) is 6.61 Å². The molecule has 0 aromatic carbocycles. The van der Waals surface area contributed by atoms with Crippen LogP contribution in [-0.2, 0) is 0 Å². The van der Waals surface area contributed by atoms with Gasteiger partial charge in [-0.1, -0.05) is 13.8 Å². The van der Waals surface area contributed by atoms with Crippen LogP contribution in [0.4, 0.5) is 0 Å². The number of thioether (sulfide) groups is 1. The molecule has 2 atom stereocenters. The summed E-state index contributed by atoms with van der Waals surface area (Å²) in [6.07, 6.45) is 3.12. The molecule has 74 valence electrons. The summed E-state index contributed by atoms with van der Waals surface area (Å²) in [4.78, 5) is 0. The molecular weight excluding hydrogens is 170 g/mol. The van der Waals surface area contributed by atoms with Crippen molar-refractivity contribution in [3.05, 3.63) is 0 Å². The van der Waals surface area contributed by atoms with E-state index in [1.165, 1.54) is 0 Å².